The summed E-state index contributed by atoms with van der Waals surface area (Å²) in [4.78, 5) is 19.3. The lowest BCUT2D eigenvalue weighted by molar-refractivity contribution is 0.597. The Kier molecular flexibility index (Phi) is 3.32. The van der Waals surface area contributed by atoms with Gasteiger partial charge in [-0.25, -0.2) is 13.4 Å². The van der Waals surface area contributed by atoms with Gasteiger partial charge in [0.05, 0.1) is 16.8 Å². The number of nitrogens with one attached hydrogen (secondary N) is 1. The monoisotopic (exact) mass is 318 g/mol. The molecule has 8 heteroatoms. The average molecular weight is 318 g/mol. The van der Waals surface area contributed by atoms with Crippen molar-refractivity contribution in [3.8, 4) is 11.4 Å². The van der Waals surface area contributed by atoms with Crippen molar-refractivity contribution in [1.29, 1.82) is 0 Å². The van der Waals surface area contributed by atoms with Crippen LogP contribution in [0.2, 0.25) is 0 Å². The van der Waals surface area contributed by atoms with Crippen LogP contribution in [0.25, 0.3) is 22.4 Å². The molecule has 0 radical (unpaired) electrons. The van der Waals surface area contributed by atoms with Crippen molar-refractivity contribution in [3.63, 3.8) is 0 Å². The molecule has 0 fully saturated rings. The zero-order chi connectivity index (χ0) is 15.9. The number of H-pyrrole nitrogens is 1. The number of hydrogen-bond acceptors (Lipinski definition) is 5. The molecule has 3 rings (SSSR count). The van der Waals surface area contributed by atoms with Crippen LogP contribution in [0.5, 0.6) is 0 Å². The first kappa shape index (κ1) is 14.5. The summed E-state index contributed by atoms with van der Waals surface area (Å²) in [5.74, 6) is 0.420. The van der Waals surface area contributed by atoms with Crippen LogP contribution < -0.4 is 5.56 Å². The topological polar surface area (TPSA) is 97.7 Å². The molecule has 1 aromatic carbocycles. The molecule has 3 aromatic rings. The van der Waals surface area contributed by atoms with E-state index in [1.54, 1.807) is 26.1 Å². The molecule has 0 amide bonds. The first-order valence-corrected chi connectivity index (χ1v) is 8.33. The fourth-order valence-electron chi connectivity index (χ4n) is 2.16. The number of aromatic nitrogens is 4. The number of sulfone groups is 1. The minimum Gasteiger partial charge on any atom is -0.306 e. The van der Waals surface area contributed by atoms with Gasteiger partial charge in [-0.3, -0.25) is 9.48 Å². The summed E-state index contributed by atoms with van der Waals surface area (Å²) in [5, 5.41) is 4.42. The van der Waals surface area contributed by atoms with Gasteiger partial charge >= 0.3 is 0 Å². The van der Waals surface area contributed by atoms with Gasteiger partial charge in [-0.2, -0.15) is 5.10 Å². The molecule has 0 atom stereocenters. The summed E-state index contributed by atoms with van der Waals surface area (Å²) in [7, 11) is -1.54. The van der Waals surface area contributed by atoms with Crippen LogP contribution in [0.4, 0.5) is 0 Å². The first-order chi connectivity index (χ1) is 10.4. The second-order valence-corrected chi connectivity index (χ2v) is 7.13. The van der Waals surface area contributed by atoms with Crippen molar-refractivity contribution in [3.05, 3.63) is 40.8 Å². The van der Waals surface area contributed by atoms with Gasteiger partial charge in [0, 0.05) is 12.6 Å². The number of fused-ring (bicyclic) bond motifs is 1. The fraction of sp³-hybridized carbons (Fsp3) is 0.214. The standard InChI is InChI=1S/C14H14N4O3S/c1-3-22(20,21)10-6-4-9(5-7-10)12-16-13-11(14(19)17-12)8-15-18(13)2/h4-8H,3H2,1-2H3,(H,16,17,19). The molecule has 0 aliphatic heterocycles. The van der Waals surface area contributed by atoms with Crippen LogP contribution in [-0.2, 0) is 16.9 Å². The maximum Gasteiger partial charge on any atom is 0.262 e. The third kappa shape index (κ3) is 2.31. The van der Waals surface area contributed by atoms with Gasteiger partial charge in [0.15, 0.2) is 15.5 Å². The summed E-state index contributed by atoms with van der Waals surface area (Å²) >= 11 is 0. The van der Waals surface area contributed by atoms with Crippen LogP contribution >= 0.6 is 0 Å². The molecular formula is C14H14N4O3S. The van der Waals surface area contributed by atoms with E-state index in [4.69, 9.17) is 0 Å². The van der Waals surface area contributed by atoms with Gasteiger partial charge in [-0.15, -0.1) is 0 Å². The predicted octanol–water partition coefficient (Wildman–Crippen LogP) is 1.12. The first-order valence-electron chi connectivity index (χ1n) is 6.67. The maximum atomic E-state index is 12.0. The zero-order valence-corrected chi connectivity index (χ0v) is 12.9. The van der Waals surface area contributed by atoms with E-state index < -0.39 is 9.84 Å². The summed E-state index contributed by atoms with van der Waals surface area (Å²) in [6.45, 7) is 1.60. The lowest BCUT2D eigenvalue weighted by Gasteiger charge is -2.04. The van der Waals surface area contributed by atoms with Crippen LogP contribution in [-0.4, -0.2) is 33.9 Å². The smallest absolute Gasteiger partial charge is 0.262 e. The van der Waals surface area contributed by atoms with Gasteiger partial charge in [-0.05, 0) is 24.3 Å². The van der Waals surface area contributed by atoms with E-state index in [0.29, 0.717) is 22.4 Å². The number of nitrogens with zero attached hydrogens (tertiary/aromatic N) is 3. The third-order valence-corrected chi connectivity index (χ3v) is 5.22. The maximum absolute atomic E-state index is 12.0. The molecule has 0 saturated carbocycles. The summed E-state index contributed by atoms with van der Waals surface area (Å²) < 4.78 is 25.1. The highest BCUT2D eigenvalue weighted by Crippen LogP contribution is 2.19. The number of rotatable bonds is 3. The van der Waals surface area contributed by atoms with E-state index in [9.17, 15) is 13.2 Å². The highest BCUT2D eigenvalue weighted by molar-refractivity contribution is 7.91. The van der Waals surface area contributed by atoms with Crippen LogP contribution in [0.15, 0.2) is 40.2 Å². The average Bonchev–Trinajstić information content (AvgIpc) is 2.89. The van der Waals surface area contributed by atoms with Crippen molar-refractivity contribution in [2.24, 2.45) is 7.05 Å². The van der Waals surface area contributed by atoms with Crippen molar-refractivity contribution < 1.29 is 8.42 Å². The molecule has 114 valence electrons. The molecule has 0 spiro atoms. The summed E-state index contributed by atoms with van der Waals surface area (Å²) in [5.41, 5.74) is 0.831. The van der Waals surface area contributed by atoms with E-state index in [-0.39, 0.29) is 16.2 Å². The van der Waals surface area contributed by atoms with E-state index in [0.717, 1.165) is 0 Å². The van der Waals surface area contributed by atoms with E-state index in [2.05, 4.69) is 15.1 Å². The van der Waals surface area contributed by atoms with E-state index in [1.807, 2.05) is 0 Å². The second kappa shape index (κ2) is 5.06. The van der Waals surface area contributed by atoms with Crippen molar-refractivity contribution in [1.82, 2.24) is 19.7 Å². The summed E-state index contributed by atoms with van der Waals surface area (Å²) in [6.07, 6.45) is 1.46. The molecule has 1 N–H and O–H groups in total. The minimum absolute atomic E-state index is 0.0441. The zero-order valence-electron chi connectivity index (χ0n) is 12.1. The van der Waals surface area contributed by atoms with Gasteiger partial charge in [0.1, 0.15) is 11.2 Å². The van der Waals surface area contributed by atoms with Gasteiger partial charge in [0.25, 0.3) is 5.56 Å². The molecule has 0 aliphatic carbocycles. The Morgan fingerprint density at radius 3 is 2.55 bits per heavy atom. The Bertz CT molecular complexity index is 1000. The largest absolute Gasteiger partial charge is 0.306 e. The highest BCUT2D eigenvalue weighted by atomic mass is 32.2. The molecule has 0 saturated heterocycles. The van der Waals surface area contributed by atoms with Crippen LogP contribution in [0.3, 0.4) is 0 Å². The molecule has 0 bridgehead atoms. The Morgan fingerprint density at radius 2 is 1.91 bits per heavy atom. The SMILES string of the molecule is CCS(=O)(=O)c1ccc(-c2nc3c(cnn3C)c(=O)[nH]2)cc1. The molecule has 0 aliphatic rings. The van der Waals surface area contributed by atoms with Gasteiger partial charge in [-0.1, -0.05) is 6.92 Å². The molecule has 0 unspecified atom stereocenters. The minimum atomic E-state index is -3.24. The predicted molar refractivity (Wildman–Crippen MR) is 82.3 cm³/mol. The van der Waals surface area contributed by atoms with Crippen LogP contribution in [0.1, 0.15) is 6.92 Å². The van der Waals surface area contributed by atoms with Crippen LogP contribution in [0, 0.1) is 0 Å². The van der Waals surface area contributed by atoms with Gasteiger partial charge in [0.2, 0.25) is 0 Å². The number of aryl methyl sites for hydroxylation is 1. The third-order valence-electron chi connectivity index (χ3n) is 3.47. The van der Waals surface area contributed by atoms with Crippen molar-refractivity contribution in [2.45, 2.75) is 11.8 Å². The lowest BCUT2D eigenvalue weighted by atomic mass is 10.2. The molecule has 2 aromatic heterocycles. The number of benzene rings is 1. The fourth-order valence-corrected chi connectivity index (χ4v) is 3.04. The molecular weight excluding hydrogens is 304 g/mol. The van der Waals surface area contributed by atoms with E-state index in [1.165, 1.54) is 23.0 Å². The normalized spacial score (nSPS) is 11.9. The highest BCUT2D eigenvalue weighted by Gasteiger charge is 2.13. The Balaban J connectivity index is 2.12. The molecule has 2 heterocycles. The van der Waals surface area contributed by atoms with Gasteiger partial charge < -0.3 is 4.98 Å². The Hall–Kier alpha value is -2.48. The lowest BCUT2D eigenvalue weighted by Crippen LogP contribution is -2.10. The quantitative estimate of drug-likeness (QED) is 0.780. The summed E-state index contributed by atoms with van der Waals surface area (Å²) in [6, 6.07) is 6.29. The van der Waals surface area contributed by atoms with Crippen molar-refractivity contribution >= 4 is 20.9 Å². The van der Waals surface area contributed by atoms with E-state index >= 15 is 0 Å². The number of hydrogen-bond donors (Lipinski definition) is 1. The molecule has 7 nitrogen and oxygen atoms in total. The number of aromatic amines is 1. The van der Waals surface area contributed by atoms with Crippen molar-refractivity contribution in [2.75, 3.05) is 5.75 Å². The molecule has 22 heavy (non-hydrogen) atoms. The Morgan fingerprint density at radius 1 is 1.23 bits per heavy atom. The second-order valence-electron chi connectivity index (χ2n) is 4.85. The Labute approximate surface area is 126 Å².